The van der Waals surface area contributed by atoms with Crippen molar-refractivity contribution in [3.05, 3.63) is 59.5 Å². The summed E-state index contributed by atoms with van der Waals surface area (Å²) >= 11 is 0. The van der Waals surface area contributed by atoms with Crippen molar-refractivity contribution in [2.45, 2.75) is 5.92 Å². The minimum Gasteiger partial charge on any atom is -0.497 e. The van der Waals surface area contributed by atoms with Crippen LogP contribution in [-0.2, 0) is 4.79 Å². The Morgan fingerprint density at radius 1 is 1.14 bits per heavy atom. The summed E-state index contributed by atoms with van der Waals surface area (Å²) < 4.78 is 18.8. The fourth-order valence-electron chi connectivity index (χ4n) is 3.03. The normalized spacial score (nSPS) is 16.6. The SMILES string of the molecule is COc1ccc2c(c1)C(c1c[nH]c3ccc(F)cc13)C(=O)N2. The molecule has 0 saturated heterocycles. The first-order chi connectivity index (χ1) is 10.7. The lowest BCUT2D eigenvalue weighted by Gasteiger charge is -2.09. The number of aromatic amines is 1. The molecule has 1 atom stereocenters. The van der Waals surface area contributed by atoms with Gasteiger partial charge in [0.2, 0.25) is 5.91 Å². The van der Waals surface area contributed by atoms with Crippen LogP contribution in [0.5, 0.6) is 5.75 Å². The number of H-pyrrole nitrogens is 1. The van der Waals surface area contributed by atoms with E-state index in [4.69, 9.17) is 4.74 Å². The first-order valence-electron chi connectivity index (χ1n) is 6.92. The lowest BCUT2D eigenvalue weighted by atomic mass is 9.92. The number of rotatable bonds is 2. The maximum Gasteiger partial charge on any atom is 0.236 e. The van der Waals surface area contributed by atoms with E-state index >= 15 is 0 Å². The second-order valence-electron chi connectivity index (χ2n) is 5.31. The van der Waals surface area contributed by atoms with Crippen LogP contribution in [0.1, 0.15) is 17.0 Å². The maximum absolute atomic E-state index is 13.6. The van der Waals surface area contributed by atoms with Gasteiger partial charge < -0.3 is 15.0 Å². The smallest absolute Gasteiger partial charge is 0.236 e. The van der Waals surface area contributed by atoms with Gasteiger partial charge in [-0.2, -0.15) is 0 Å². The molecule has 4 nitrogen and oxygen atoms in total. The summed E-state index contributed by atoms with van der Waals surface area (Å²) in [7, 11) is 1.59. The van der Waals surface area contributed by atoms with Gasteiger partial charge in [0, 0.05) is 22.8 Å². The Morgan fingerprint density at radius 2 is 2.00 bits per heavy atom. The molecule has 0 bridgehead atoms. The molecule has 3 aromatic rings. The van der Waals surface area contributed by atoms with E-state index in [9.17, 15) is 9.18 Å². The number of carbonyl (C=O) groups excluding carboxylic acids is 1. The number of amides is 1. The Balaban J connectivity index is 1.92. The zero-order valence-electron chi connectivity index (χ0n) is 11.8. The van der Waals surface area contributed by atoms with Crippen LogP contribution < -0.4 is 10.1 Å². The standard InChI is InChI=1S/C17H13FN2O2/c1-22-10-3-5-15-12(7-10)16(17(21)20-15)13-8-19-14-4-2-9(18)6-11(13)14/h2-8,16,19H,1H3,(H,20,21). The molecule has 0 saturated carbocycles. The van der Waals surface area contributed by atoms with Crippen molar-refractivity contribution in [3.63, 3.8) is 0 Å². The number of carbonyl (C=O) groups is 1. The number of nitrogens with one attached hydrogen (secondary N) is 2. The first-order valence-corrected chi connectivity index (χ1v) is 6.92. The molecule has 0 radical (unpaired) electrons. The van der Waals surface area contributed by atoms with Crippen molar-refractivity contribution < 1.29 is 13.9 Å². The third-order valence-corrected chi connectivity index (χ3v) is 4.08. The first kappa shape index (κ1) is 12.9. The minimum absolute atomic E-state index is 0.117. The third kappa shape index (κ3) is 1.79. The molecule has 5 heteroatoms. The zero-order chi connectivity index (χ0) is 15.3. The monoisotopic (exact) mass is 296 g/mol. The average Bonchev–Trinajstić information content (AvgIpc) is 3.05. The predicted molar refractivity (Wildman–Crippen MR) is 81.7 cm³/mol. The van der Waals surface area contributed by atoms with E-state index in [-0.39, 0.29) is 11.7 Å². The second-order valence-corrected chi connectivity index (χ2v) is 5.31. The third-order valence-electron chi connectivity index (χ3n) is 4.08. The van der Waals surface area contributed by atoms with Crippen LogP contribution in [0, 0.1) is 5.82 Å². The summed E-state index contributed by atoms with van der Waals surface area (Å²) in [6.07, 6.45) is 1.77. The molecule has 4 rings (SSSR count). The molecule has 0 fully saturated rings. The summed E-state index contributed by atoms with van der Waals surface area (Å²) in [5, 5.41) is 3.58. The summed E-state index contributed by atoms with van der Waals surface area (Å²) in [6.45, 7) is 0. The lowest BCUT2D eigenvalue weighted by Crippen LogP contribution is -2.12. The molecular weight excluding hydrogens is 283 g/mol. The van der Waals surface area contributed by atoms with Crippen LogP contribution in [0.3, 0.4) is 0 Å². The molecule has 110 valence electrons. The van der Waals surface area contributed by atoms with Gasteiger partial charge in [-0.3, -0.25) is 4.79 Å². The average molecular weight is 296 g/mol. The van der Waals surface area contributed by atoms with Crippen LogP contribution >= 0.6 is 0 Å². The number of anilines is 1. The van der Waals surface area contributed by atoms with Crippen molar-refractivity contribution in [2.24, 2.45) is 0 Å². The van der Waals surface area contributed by atoms with Crippen molar-refractivity contribution in [2.75, 3.05) is 12.4 Å². The number of fused-ring (bicyclic) bond motifs is 2. The number of hydrogen-bond donors (Lipinski definition) is 2. The summed E-state index contributed by atoms with van der Waals surface area (Å²) in [5.41, 5.74) is 3.18. The van der Waals surface area contributed by atoms with E-state index < -0.39 is 5.92 Å². The molecule has 0 aliphatic carbocycles. The highest BCUT2D eigenvalue weighted by atomic mass is 19.1. The number of benzene rings is 2. The lowest BCUT2D eigenvalue weighted by molar-refractivity contribution is -0.116. The van der Waals surface area contributed by atoms with E-state index in [1.165, 1.54) is 12.1 Å². The van der Waals surface area contributed by atoms with Gasteiger partial charge in [0.25, 0.3) is 0 Å². The van der Waals surface area contributed by atoms with Gasteiger partial charge in [-0.15, -0.1) is 0 Å². The molecule has 1 unspecified atom stereocenters. The topological polar surface area (TPSA) is 54.1 Å². The number of aromatic nitrogens is 1. The Hall–Kier alpha value is -2.82. The fourth-order valence-corrected chi connectivity index (χ4v) is 3.03. The number of methoxy groups -OCH3 is 1. The van der Waals surface area contributed by atoms with Crippen LogP contribution in [0.15, 0.2) is 42.6 Å². The Labute approximate surface area is 125 Å². The minimum atomic E-state index is -0.472. The van der Waals surface area contributed by atoms with E-state index in [1.807, 2.05) is 12.1 Å². The molecule has 1 aromatic heterocycles. The van der Waals surface area contributed by atoms with Gasteiger partial charge in [0.05, 0.1) is 13.0 Å². The van der Waals surface area contributed by atoms with Gasteiger partial charge >= 0.3 is 0 Å². The van der Waals surface area contributed by atoms with Gasteiger partial charge in [-0.1, -0.05) is 0 Å². The van der Waals surface area contributed by atoms with Crippen molar-refractivity contribution >= 4 is 22.5 Å². The highest BCUT2D eigenvalue weighted by molar-refractivity contribution is 6.07. The summed E-state index contributed by atoms with van der Waals surface area (Å²) in [5.74, 6) is -0.224. The fraction of sp³-hybridized carbons (Fsp3) is 0.118. The highest BCUT2D eigenvalue weighted by Gasteiger charge is 2.34. The van der Waals surface area contributed by atoms with Crippen LogP contribution in [-0.4, -0.2) is 18.0 Å². The molecule has 2 N–H and O–H groups in total. The number of hydrogen-bond acceptors (Lipinski definition) is 2. The number of halogens is 1. The summed E-state index contributed by atoms with van der Waals surface area (Å²) in [6, 6.07) is 9.99. The quantitative estimate of drug-likeness (QED) is 0.761. The van der Waals surface area contributed by atoms with Crippen LogP contribution in [0.4, 0.5) is 10.1 Å². The van der Waals surface area contributed by atoms with E-state index in [1.54, 1.807) is 25.4 Å². The highest BCUT2D eigenvalue weighted by Crippen LogP contribution is 2.41. The Kier molecular flexibility index (Phi) is 2.69. The molecule has 22 heavy (non-hydrogen) atoms. The predicted octanol–water partition coefficient (Wildman–Crippen LogP) is 3.40. The molecule has 1 aliphatic heterocycles. The molecule has 0 spiro atoms. The van der Waals surface area contributed by atoms with Crippen molar-refractivity contribution in [1.29, 1.82) is 0 Å². The molecule has 1 amide bonds. The number of ether oxygens (including phenoxy) is 1. The van der Waals surface area contributed by atoms with E-state index in [0.717, 1.165) is 27.7 Å². The molecule has 2 aromatic carbocycles. The van der Waals surface area contributed by atoms with Gasteiger partial charge in [0.15, 0.2) is 0 Å². The second kappa shape index (κ2) is 4.59. The van der Waals surface area contributed by atoms with E-state index in [2.05, 4.69) is 10.3 Å². The van der Waals surface area contributed by atoms with Gasteiger partial charge in [-0.25, -0.2) is 4.39 Å². The Morgan fingerprint density at radius 3 is 2.82 bits per heavy atom. The zero-order valence-corrected chi connectivity index (χ0v) is 11.8. The molecular formula is C17H13FN2O2. The molecule has 2 heterocycles. The van der Waals surface area contributed by atoms with Crippen LogP contribution in [0.25, 0.3) is 10.9 Å². The van der Waals surface area contributed by atoms with Crippen molar-refractivity contribution in [3.8, 4) is 5.75 Å². The van der Waals surface area contributed by atoms with Crippen molar-refractivity contribution in [1.82, 2.24) is 4.98 Å². The van der Waals surface area contributed by atoms with Crippen LogP contribution in [0.2, 0.25) is 0 Å². The van der Waals surface area contributed by atoms with E-state index in [0.29, 0.717) is 5.75 Å². The molecule has 1 aliphatic rings. The summed E-state index contributed by atoms with van der Waals surface area (Å²) in [4.78, 5) is 15.5. The van der Waals surface area contributed by atoms with Gasteiger partial charge in [0.1, 0.15) is 11.6 Å². The largest absolute Gasteiger partial charge is 0.497 e. The van der Waals surface area contributed by atoms with Gasteiger partial charge in [-0.05, 0) is 47.5 Å². The maximum atomic E-state index is 13.6. The Bertz CT molecular complexity index is 901.